The molecular formula is C30H41N9O7. The SMILES string of the molecule is Cc1nnnn1CC(=O)N1CCC2(CC1)CNC(=O)[C@H](CO)NC(=O)[C@@H]1CCCN1C(=O)[C@H](C)NC(=O)COc1cccc(c1)C2. The molecule has 1 spiro atoms. The summed E-state index contributed by atoms with van der Waals surface area (Å²) in [5, 5.41) is 29.6. The van der Waals surface area contributed by atoms with Crippen molar-refractivity contribution in [2.45, 2.75) is 70.6 Å². The highest BCUT2D eigenvalue weighted by molar-refractivity contribution is 5.94. The summed E-state index contributed by atoms with van der Waals surface area (Å²) in [4.78, 5) is 68.7. The van der Waals surface area contributed by atoms with E-state index in [1.54, 1.807) is 24.8 Å². The molecule has 0 radical (unpaired) electrons. The van der Waals surface area contributed by atoms with Crippen LogP contribution in [0, 0.1) is 12.3 Å². The zero-order chi connectivity index (χ0) is 32.8. The summed E-state index contributed by atoms with van der Waals surface area (Å²) in [6.07, 6.45) is 2.63. The molecule has 3 atom stereocenters. The lowest BCUT2D eigenvalue weighted by molar-refractivity contribution is -0.142. The van der Waals surface area contributed by atoms with Crippen LogP contribution in [0.4, 0.5) is 0 Å². The number of nitrogens with zero attached hydrogens (tertiary/aromatic N) is 6. The van der Waals surface area contributed by atoms with Crippen molar-refractivity contribution < 1.29 is 33.8 Å². The molecule has 248 valence electrons. The maximum Gasteiger partial charge on any atom is 0.258 e. The summed E-state index contributed by atoms with van der Waals surface area (Å²) in [5.74, 6) is -1.10. The first kappa shape index (κ1) is 32.8. The number of fused-ring (bicyclic) bond motifs is 3. The van der Waals surface area contributed by atoms with Crippen molar-refractivity contribution in [1.29, 1.82) is 0 Å². The van der Waals surface area contributed by atoms with Crippen LogP contribution in [0.2, 0.25) is 0 Å². The van der Waals surface area contributed by atoms with Crippen LogP contribution in [0.25, 0.3) is 0 Å². The fraction of sp³-hybridized carbons (Fsp3) is 0.600. The smallest absolute Gasteiger partial charge is 0.258 e. The minimum atomic E-state index is -1.22. The van der Waals surface area contributed by atoms with Crippen molar-refractivity contribution in [2.75, 3.05) is 39.4 Å². The van der Waals surface area contributed by atoms with E-state index in [0.717, 1.165) is 5.56 Å². The topological polar surface area (TPSA) is 201 Å². The van der Waals surface area contributed by atoms with E-state index in [1.807, 2.05) is 18.2 Å². The summed E-state index contributed by atoms with van der Waals surface area (Å²) in [6.45, 7) is 3.80. The number of carbonyl (C=O) groups excluding carboxylic acids is 5. The second-order valence-corrected chi connectivity index (χ2v) is 12.3. The predicted molar refractivity (Wildman–Crippen MR) is 161 cm³/mol. The molecule has 2 fully saturated rings. The molecule has 5 amide bonds. The molecule has 16 heteroatoms. The van der Waals surface area contributed by atoms with Crippen molar-refractivity contribution in [3.8, 4) is 5.75 Å². The largest absolute Gasteiger partial charge is 0.484 e. The number of aryl methyl sites for hydroxylation is 1. The van der Waals surface area contributed by atoms with Gasteiger partial charge in [-0.2, -0.15) is 0 Å². The van der Waals surface area contributed by atoms with Gasteiger partial charge in [-0.05, 0) is 79.5 Å². The number of carbonyl (C=O) groups is 5. The van der Waals surface area contributed by atoms with Crippen molar-refractivity contribution in [3.05, 3.63) is 35.7 Å². The van der Waals surface area contributed by atoms with Crippen molar-refractivity contribution in [3.63, 3.8) is 0 Å². The first-order valence-electron chi connectivity index (χ1n) is 15.6. The van der Waals surface area contributed by atoms with Gasteiger partial charge in [-0.15, -0.1) is 5.10 Å². The number of tetrazole rings is 1. The Bertz CT molecular complexity index is 1460. The number of amides is 5. The molecule has 46 heavy (non-hydrogen) atoms. The number of aliphatic hydroxyl groups excluding tert-OH is 1. The quantitative estimate of drug-likeness (QED) is 0.300. The maximum absolute atomic E-state index is 13.3. The first-order valence-corrected chi connectivity index (χ1v) is 15.6. The van der Waals surface area contributed by atoms with Crippen LogP contribution in [0.5, 0.6) is 5.75 Å². The molecule has 4 N–H and O–H groups in total. The van der Waals surface area contributed by atoms with Gasteiger partial charge >= 0.3 is 0 Å². The van der Waals surface area contributed by atoms with Gasteiger partial charge in [-0.3, -0.25) is 24.0 Å². The Morgan fingerprint density at radius 2 is 1.89 bits per heavy atom. The second-order valence-electron chi connectivity index (χ2n) is 12.3. The number of hydrogen-bond acceptors (Lipinski definition) is 10. The summed E-state index contributed by atoms with van der Waals surface area (Å²) >= 11 is 0. The van der Waals surface area contributed by atoms with E-state index in [1.165, 1.54) is 9.58 Å². The van der Waals surface area contributed by atoms with E-state index in [-0.39, 0.29) is 25.6 Å². The fourth-order valence-corrected chi connectivity index (χ4v) is 6.35. The van der Waals surface area contributed by atoms with Gasteiger partial charge in [0.15, 0.2) is 6.61 Å². The monoisotopic (exact) mass is 639 g/mol. The molecule has 2 saturated heterocycles. The van der Waals surface area contributed by atoms with Crippen molar-refractivity contribution in [2.24, 2.45) is 5.41 Å². The van der Waals surface area contributed by atoms with Gasteiger partial charge in [0.05, 0.1) is 6.61 Å². The lowest BCUT2D eigenvalue weighted by Gasteiger charge is -2.42. The predicted octanol–water partition coefficient (Wildman–Crippen LogP) is -1.69. The summed E-state index contributed by atoms with van der Waals surface area (Å²) < 4.78 is 7.22. The first-order chi connectivity index (χ1) is 22.1. The van der Waals surface area contributed by atoms with Gasteiger partial charge in [0, 0.05) is 26.2 Å². The molecule has 2 bridgehead atoms. The third kappa shape index (κ3) is 7.61. The summed E-state index contributed by atoms with van der Waals surface area (Å²) in [6, 6.07) is 4.37. The Morgan fingerprint density at radius 1 is 1.11 bits per heavy atom. The number of piperidine rings is 1. The van der Waals surface area contributed by atoms with Crippen molar-refractivity contribution >= 4 is 29.5 Å². The summed E-state index contributed by atoms with van der Waals surface area (Å²) in [7, 11) is 0. The van der Waals surface area contributed by atoms with Crippen LogP contribution < -0.4 is 20.7 Å². The van der Waals surface area contributed by atoms with Crippen LogP contribution >= 0.6 is 0 Å². The number of benzene rings is 1. The third-order valence-corrected chi connectivity index (χ3v) is 9.06. The highest BCUT2D eigenvalue weighted by atomic mass is 16.5. The van der Waals surface area contributed by atoms with Crippen molar-refractivity contribution in [1.82, 2.24) is 46.0 Å². The van der Waals surface area contributed by atoms with Crippen LogP contribution in [-0.2, 0) is 36.9 Å². The molecule has 0 saturated carbocycles. The van der Waals surface area contributed by atoms with E-state index < -0.39 is 53.8 Å². The molecule has 16 nitrogen and oxygen atoms in total. The normalized spacial score (nSPS) is 24.5. The van der Waals surface area contributed by atoms with Crippen LogP contribution in [0.3, 0.4) is 0 Å². The van der Waals surface area contributed by atoms with E-state index in [2.05, 4.69) is 31.5 Å². The number of rotatable bonds is 3. The zero-order valence-corrected chi connectivity index (χ0v) is 26.1. The fourth-order valence-electron chi connectivity index (χ4n) is 6.35. The Balaban J connectivity index is 1.36. The number of nitrogens with one attached hydrogen (secondary N) is 3. The molecule has 3 aliphatic heterocycles. The maximum atomic E-state index is 13.3. The minimum absolute atomic E-state index is 0.0240. The Morgan fingerprint density at radius 3 is 2.61 bits per heavy atom. The van der Waals surface area contributed by atoms with Crippen LogP contribution in [-0.4, -0.2) is 122 Å². The van der Waals surface area contributed by atoms with Crippen LogP contribution in [0.1, 0.15) is 44.0 Å². The minimum Gasteiger partial charge on any atom is -0.484 e. The van der Waals surface area contributed by atoms with Gasteiger partial charge in [0.25, 0.3) is 5.91 Å². The Kier molecular flexibility index (Phi) is 10.1. The molecular weight excluding hydrogens is 598 g/mol. The molecule has 1 aromatic carbocycles. The lowest BCUT2D eigenvalue weighted by atomic mass is 9.73. The molecule has 4 heterocycles. The molecule has 1 aromatic heterocycles. The van der Waals surface area contributed by atoms with Gasteiger partial charge in [-0.1, -0.05) is 12.1 Å². The van der Waals surface area contributed by atoms with Crippen LogP contribution in [0.15, 0.2) is 24.3 Å². The third-order valence-electron chi connectivity index (χ3n) is 9.06. The molecule has 0 unspecified atom stereocenters. The van der Waals surface area contributed by atoms with Gasteiger partial charge in [0.1, 0.15) is 36.2 Å². The number of hydrogen-bond donors (Lipinski definition) is 4. The number of aliphatic hydroxyl groups is 1. The van der Waals surface area contributed by atoms with Gasteiger partial charge in [0.2, 0.25) is 23.6 Å². The molecule has 5 rings (SSSR count). The highest BCUT2D eigenvalue weighted by Gasteiger charge is 2.40. The second kappa shape index (κ2) is 14.2. The van der Waals surface area contributed by atoms with E-state index in [9.17, 15) is 29.1 Å². The average molecular weight is 640 g/mol. The zero-order valence-electron chi connectivity index (χ0n) is 26.1. The molecule has 0 aliphatic carbocycles. The number of ether oxygens (including phenoxy) is 1. The van der Waals surface area contributed by atoms with E-state index in [0.29, 0.717) is 63.3 Å². The van der Waals surface area contributed by atoms with E-state index >= 15 is 0 Å². The lowest BCUT2D eigenvalue weighted by Crippen LogP contribution is -2.57. The Labute approximate surface area is 266 Å². The van der Waals surface area contributed by atoms with Gasteiger partial charge in [-0.25, -0.2) is 4.68 Å². The van der Waals surface area contributed by atoms with Gasteiger partial charge < -0.3 is 35.6 Å². The molecule has 2 aromatic rings. The number of likely N-dealkylation sites (tertiary alicyclic amines) is 1. The highest BCUT2D eigenvalue weighted by Crippen LogP contribution is 2.36. The molecule has 3 aliphatic rings. The average Bonchev–Trinajstić information content (AvgIpc) is 3.70. The standard InChI is InChI=1S/C30H41N9O7/c1-19-29(45)38-10-4-7-24(38)28(44)33-23(16-40)27(43)31-18-30(14-21-5-3-6-22(13-21)46-17-25(41)32-19)8-11-37(12-9-30)26(42)15-39-20(2)34-35-36-39/h3,5-6,13,19,23-24,40H,4,7-12,14-18H2,1-2H3,(H,31,43)(H,32,41)(H,33,44)/t19-,23-,24-/m0/s1. The number of aromatic nitrogens is 4. The van der Waals surface area contributed by atoms with E-state index in [4.69, 9.17) is 4.74 Å². The Hall–Kier alpha value is -4.60. The summed E-state index contributed by atoms with van der Waals surface area (Å²) in [5.41, 5.74) is 0.440.